The number of nitrogens with one attached hydrogen (secondary N) is 2. The van der Waals surface area contributed by atoms with Gasteiger partial charge in [0.15, 0.2) is 5.96 Å². The number of guanidine groups is 1. The van der Waals surface area contributed by atoms with E-state index >= 15 is 0 Å². The number of hydrogen-bond acceptors (Lipinski definition) is 6. The molecule has 0 spiro atoms. The largest absolute Gasteiger partial charge is 0.356 e. The smallest absolute Gasteiger partial charge is 0.191 e. The second-order valence-electron chi connectivity index (χ2n) is 4.71. The molecule has 0 atom stereocenters. The van der Waals surface area contributed by atoms with Gasteiger partial charge in [-0.05, 0) is 31.9 Å². The van der Waals surface area contributed by atoms with Gasteiger partial charge in [0.1, 0.15) is 0 Å². The molecule has 1 aliphatic heterocycles. The minimum absolute atomic E-state index is 0. The first-order valence-corrected chi connectivity index (χ1v) is 8.54. The van der Waals surface area contributed by atoms with Crippen LogP contribution in [0.4, 0.5) is 0 Å². The summed E-state index contributed by atoms with van der Waals surface area (Å²) in [5, 5.41) is 9.88. The van der Waals surface area contributed by atoms with E-state index in [1.165, 1.54) is 9.75 Å². The summed E-state index contributed by atoms with van der Waals surface area (Å²) in [4.78, 5) is 11.6. The Hall–Kier alpha value is -0.670. The van der Waals surface area contributed by atoms with Crippen molar-refractivity contribution in [2.24, 2.45) is 4.99 Å². The molecule has 0 unspecified atom stereocenters. The molecule has 0 aromatic carbocycles. The molecule has 21 heavy (non-hydrogen) atoms. The monoisotopic (exact) mass is 434 g/mol. The van der Waals surface area contributed by atoms with Gasteiger partial charge in [-0.15, -0.1) is 46.7 Å². The molecule has 2 aromatic rings. The highest BCUT2D eigenvalue weighted by atomic mass is 127. The molecule has 114 valence electrons. The third kappa shape index (κ3) is 4.65. The van der Waals surface area contributed by atoms with Crippen LogP contribution < -0.4 is 10.6 Å². The number of aryl methyl sites for hydroxylation is 1. The number of hydrogen-bond donors (Lipinski definition) is 2. The van der Waals surface area contributed by atoms with Gasteiger partial charge in [0, 0.05) is 29.9 Å². The van der Waals surface area contributed by atoms with Gasteiger partial charge in [-0.1, -0.05) is 0 Å². The molecule has 3 heterocycles. The molecule has 4 nitrogen and oxygen atoms in total. The first-order valence-electron chi connectivity index (χ1n) is 6.85. The zero-order valence-electron chi connectivity index (χ0n) is 11.9. The predicted octanol–water partition coefficient (Wildman–Crippen LogP) is 3.28. The van der Waals surface area contributed by atoms with Gasteiger partial charge in [0.2, 0.25) is 0 Å². The topological polar surface area (TPSA) is 49.3 Å². The van der Waals surface area contributed by atoms with E-state index in [1.54, 1.807) is 11.3 Å². The Kier molecular flexibility index (Phi) is 6.43. The van der Waals surface area contributed by atoms with E-state index in [2.05, 4.69) is 38.1 Å². The van der Waals surface area contributed by atoms with Crippen molar-refractivity contribution in [2.45, 2.75) is 19.8 Å². The van der Waals surface area contributed by atoms with Crippen LogP contribution in [0, 0.1) is 6.92 Å². The van der Waals surface area contributed by atoms with Crippen molar-refractivity contribution in [1.82, 2.24) is 15.6 Å². The van der Waals surface area contributed by atoms with E-state index in [9.17, 15) is 0 Å². The van der Waals surface area contributed by atoms with E-state index in [-0.39, 0.29) is 24.0 Å². The van der Waals surface area contributed by atoms with E-state index in [0.29, 0.717) is 0 Å². The maximum atomic E-state index is 4.53. The lowest BCUT2D eigenvalue weighted by Crippen LogP contribution is -2.41. The number of nitrogens with zero attached hydrogens (tertiary/aromatic N) is 2. The van der Waals surface area contributed by atoms with E-state index in [4.69, 9.17) is 0 Å². The summed E-state index contributed by atoms with van der Waals surface area (Å²) in [5.41, 5.74) is 1.11. The minimum Gasteiger partial charge on any atom is -0.356 e. The second-order valence-corrected chi connectivity index (χ2v) is 6.94. The summed E-state index contributed by atoms with van der Waals surface area (Å²) < 4.78 is 0. The van der Waals surface area contributed by atoms with Crippen LogP contribution in [-0.2, 0) is 6.42 Å². The highest BCUT2D eigenvalue weighted by Crippen LogP contribution is 2.29. The predicted molar refractivity (Wildman–Crippen MR) is 102 cm³/mol. The van der Waals surface area contributed by atoms with E-state index < -0.39 is 0 Å². The summed E-state index contributed by atoms with van der Waals surface area (Å²) in [6, 6.07) is 4.37. The standard InChI is InChI=1S/C14H18N4S2.HI/c1-10-18-12(9-19-10)13-4-3-11(20-13)5-8-17-14-15-6-2-7-16-14;/h3-4,9H,2,5-8H2,1H3,(H2,15,16,17);1H. The lowest BCUT2D eigenvalue weighted by molar-refractivity contribution is 0.701. The van der Waals surface area contributed by atoms with Gasteiger partial charge in [-0.3, -0.25) is 4.99 Å². The first kappa shape index (κ1) is 16.7. The average molecular weight is 434 g/mol. The summed E-state index contributed by atoms with van der Waals surface area (Å²) in [6.07, 6.45) is 2.15. The summed E-state index contributed by atoms with van der Waals surface area (Å²) in [7, 11) is 0. The Morgan fingerprint density at radius 2 is 2.29 bits per heavy atom. The van der Waals surface area contributed by atoms with Crippen LogP contribution in [0.2, 0.25) is 0 Å². The van der Waals surface area contributed by atoms with Crippen molar-refractivity contribution in [1.29, 1.82) is 0 Å². The normalized spacial score (nSPS) is 14.0. The Balaban J connectivity index is 0.00000161. The molecular formula is C14H19IN4S2. The van der Waals surface area contributed by atoms with Gasteiger partial charge in [0.25, 0.3) is 0 Å². The zero-order chi connectivity index (χ0) is 13.8. The number of halogens is 1. The third-order valence-electron chi connectivity index (χ3n) is 3.09. The summed E-state index contributed by atoms with van der Waals surface area (Å²) in [6.45, 7) is 4.92. The highest BCUT2D eigenvalue weighted by Gasteiger charge is 2.07. The number of thiophene rings is 1. The Bertz CT molecular complexity index is 606. The molecule has 0 bridgehead atoms. The quantitative estimate of drug-likeness (QED) is 0.727. The van der Waals surface area contributed by atoms with E-state index in [0.717, 1.165) is 49.1 Å². The molecule has 0 saturated heterocycles. The molecule has 0 saturated carbocycles. The fourth-order valence-corrected chi connectivity index (χ4v) is 3.74. The minimum atomic E-state index is 0. The second kappa shape index (κ2) is 8.09. The van der Waals surface area contributed by atoms with Crippen molar-refractivity contribution >= 4 is 52.6 Å². The van der Waals surface area contributed by atoms with Gasteiger partial charge in [0.05, 0.1) is 15.6 Å². The fourth-order valence-electron chi connectivity index (χ4n) is 2.08. The lowest BCUT2D eigenvalue weighted by Gasteiger charge is -2.15. The zero-order valence-corrected chi connectivity index (χ0v) is 15.9. The Morgan fingerprint density at radius 1 is 1.38 bits per heavy atom. The van der Waals surface area contributed by atoms with Crippen molar-refractivity contribution in [3.63, 3.8) is 0 Å². The van der Waals surface area contributed by atoms with Crippen LogP contribution >= 0.6 is 46.7 Å². The van der Waals surface area contributed by atoms with Crippen molar-refractivity contribution < 1.29 is 0 Å². The van der Waals surface area contributed by atoms with Crippen molar-refractivity contribution in [3.8, 4) is 10.6 Å². The molecule has 7 heteroatoms. The van der Waals surface area contributed by atoms with Crippen LogP contribution in [0.25, 0.3) is 10.6 Å². The van der Waals surface area contributed by atoms with Gasteiger partial charge >= 0.3 is 0 Å². The number of aliphatic imine (C=N–C) groups is 1. The molecule has 3 rings (SSSR count). The SMILES string of the molecule is Cc1nc(-c2ccc(CCNC3=NCCCN3)s2)cs1.I. The van der Waals surface area contributed by atoms with Gasteiger partial charge in [-0.25, -0.2) is 4.98 Å². The lowest BCUT2D eigenvalue weighted by atomic mass is 10.3. The van der Waals surface area contributed by atoms with Crippen LogP contribution in [0.1, 0.15) is 16.3 Å². The molecule has 0 radical (unpaired) electrons. The van der Waals surface area contributed by atoms with Gasteiger partial charge in [-0.2, -0.15) is 0 Å². The molecule has 0 fully saturated rings. The highest BCUT2D eigenvalue weighted by molar-refractivity contribution is 14.0. The van der Waals surface area contributed by atoms with Crippen molar-refractivity contribution in [3.05, 3.63) is 27.4 Å². The molecule has 0 aliphatic carbocycles. The van der Waals surface area contributed by atoms with Crippen LogP contribution in [0.5, 0.6) is 0 Å². The number of aromatic nitrogens is 1. The Labute approximate surface area is 150 Å². The molecule has 0 amide bonds. The summed E-state index contributed by atoms with van der Waals surface area (Å²) >= 11 is 3.53. The molecule has 2 aromatic heterocycles. The molecule has 2 N–H and O–H groups in total. The van der Waals surface area contributed by atoms with Crippen molar-refractivity contribution in [2.75, 3.05) is 19.6 Å². The molecular weight excluding hydrogens is 415 g/mol. The third-order valence-corrected chi connectivity index (χ3v) is 5.04. The van der Waals surface area contributed by atoms with Crippen LogP contribution in [0.15, 0.2) is 22.5 Å². The summed E-state index contributed by atoms with van der Waals surface area (Å²) in [5.74, 6) is 0.947. The maximum Gasteiger partial charge on any atom is 0.191 e. The number of rotatable bonds is 4. The average Bonchev–Trinajstić information content (AvgIpc) is 3.09. The van der Waals surface area contributed by atoms with Crippen LogP contribution in [-0.4, -0.2) is 30.6 Å². The Morgan fingerprint density at radius 3 is 3.00 bits per heavy atom. The maximum absolute atomic E-state index is 4.53. The van der Waals surface area contributed by atoms with Crippen LogP contribution in [0.3, 0.4) is 0 Å². The van der Waals surface area contributed by atoms with Gasteiger partial charge < -0.3 is 10.6 Å². The van der Waals surface area contributed by atoms with E-state index in [1.807, 2.05) is 18.3 Å². The number of thiazole rings is 1. The molecule has 1 aliphatic rings. The first-order chi connectivity index (χ1) is 9.81. The fraction of sp³-hybridized carbons (Fsp3) is 0.429.